The van der Waals surface area contributed by atoms with Gasteiger partial charge in [0.1, 0.15) is 17.3 Å². The molecule has 0 N–H and O–H groups in total. The van der Waals surface area contributed by atoms with Gasteiger partial charge >= 0.3 is 5.97 Å². The molecular formula is C20H26O4. The molecule has 6 unspecified atom stereocenters. The Bertz CT molecular complexity index is 667. The Labute approximate surface area is 143 Å². The first-order valence-electron chi connectivity index (χ1n) is 9.53. The molecule has 0 aromatic heterocycles. The lowest BCUT2D eigenvalue weighted by Gasteiger charge is -2.50. The summed E-state index contributed by atoms with van der Waals surface area (Å²) >= 11 is 0. The first kappa shape index (κ1) is 15.1. The Morgan fingerprint density at radius 3 is 2.79 bits per heavy atom. The fourth-order valence-electron chi connectivity index (χ4n) is 6.97. The maximum absolute atomic E-state index is 11.8. The molecule has 0 aromatic carbocycles. The monoisotopic (exact) mass is 330 g/mol. The third kappa shape index (κ3) is 1.63. The third-order valence-electron chi connectivity index (χ3n) is 8.05. The van der Waals surface area contributed by atoms with Crippen LogP contribution in [-0.2, 0) is 19.1 Å². The average molecular weight is 330 g/mol. The van der Waals surface area contributed by atoms with Crippen LogP contribution in [0.3, 0.4) is 0 Å². The van der Waals surface area contributed by atoms with E-state index >= 15 is 0 Å². The van der Waals surface area contributed by atoms with E-state index < -0.39 is 0 Å². The number of ether oxygens (including phenoxy) is 2. The van der Waals surface area contributed by atoms with Crippen LogP contribution in [0.4, 0.5) is 0 Å². The molecule has 5 rings (SSSR count). The van der Waals surface area contributed by atoms with Gasteiger partial charge in [-0.25, -0.2) is 0 Å². The number of carbonyl (C=O) groups is 2. The molecule has 4 aliphatic carbocycles. The molecule has 4 heteroatoms. The zero-order chi connectivity index (χ0) is 16.7. The molecule has 1 saturated heterocycles. The van der Waals surface area contributed by atoms with E-state index in [1.54, 1.807) is 0 Å². The molecule has 0 amide bonds. The molecule has 4 fully saturated rings. The van der Waals surface area contributed by atoms with Gasteiger partial charge in [0.25, 0.3) is 0 Å². The van der Waals surface area contributed by atoms with Crippen LogP contribution in [0.2, 0.25) is 0 Å². The number of carbonyl (C=O) groups excluding carboxylic acids is 2. The second-order valence-electron chi connectivity index (χ2n) is 8.89. The summed E-state index contributed by atoms with van der Waals surface area (Å²) in [5.74, 6) is 1.26. The van der Waals surface area contributed by atoms with Gasteiger partial charge in [0.15, 0.2) is 5.78 Å². The van der Waals surface area contributed by atoms with Crippen molar-refractivity contribution in [1.82, 2.24) is 0 Å². The molecule has 0 bridgehead atoms. The number of rotatable bonds is 1. The van der Waals surface area contributed by atoms with Crippen molar-refractivity contribution in [3.05, 3.63) is 11.6 Å². The van der Waals surface area contributed by atoms with E-state index in [4.69, 9.17) is 9.47 Å². The van der Waals surface area contributed by atoms with Gasteiger partial charge in [0, 0.05) is 18.8 Å². The molecule has 24 heavy (non-hydrogen) atoms. The molecule has 5 aliphatic rings. The molecule has 0 radical (unpaired) electrons. The molecule has 1 aliphatic heterocycles. The zero-order valence-corrected chi connectivity index (χ0v) is 14.6. The van der Waals surface area contributed by atoms with Gasteiger partial charge < -0.3 is 9.47 Å². The highest BCUT2D eigenvalue weighted by Gasteiger charge is 2.79. The summed E-state index contributed by atoms with van der Waals surface area (Å²) in [5, 5.41) is 0. The van der Waals surface area contributed by atoms with Gasteiger partial charge in [-0.2, -0.15) is 0 Å². The van der Waals surface area contributed by atoms with Crippen molar-refractivity contribution in [3.8, 4) is 0 Å². The van der Waals surface area contributed by atoms with Crippen LogP contribution < -0.4 is 0 Å². The summed E-state index contributed by atoms with van der Waals surface area (Å²) < 4.78 is 12.2. The lowest BCUT2D eigenvalue weighted by atomic mass is 9.52. The van der Waals surface area contributed by atoms with Gasteiger partial charge in [0.2, 0.25) is 0 Å². The SMILES string of the molecule is CC(=O)OC1CCC2C3CCC4=CC(=O)CCC45OC35CCC12C. The molecule has 0 aromatic rings. The van der Waals surface area contributed by atoms with Crippen molar-refractivity contribution in [3.63, 3.8) is 0 Å². The van der Waals surface area contributed by atoms with Crippen LogP contribution in [0.5, 0.6) is 0 Å². The van der Waals surface area contributed by atoms with E-state index in [1.165, 1.54) is 12.5 Å². The van der Waals surface area contributed by atoms with Crippen molar-refractivity contribution in [2.24, 2.45) is 17.3 Å². The van der Waals surface area contributed by atoms with Crippen LogP contribution in [0.1, 0.15) is 65.2 Å². The third-order valence-corrected chi connectivity index (χ3v) is 8.05. The second kappa shape index (κ2) is 4.51. The largest absolute Gasteiger partial charge is 0.462 e. The van der Waals surface area contributed by atoms with Crippen molar-refractivity contribution < 1.29 is 19.1 Å². The van der Waals surface area contributed by atoms with Gasteiger partial charge in [0.05, 0.1) is 0 Å². The Balaban J connectivity index is 1.48. The quantitative estimate of drug-likeness (QED) is 0.546. The molecule has 4 nitrogen and oxygen atoms in total. The minimum atomic E-state index is -0.152. The maximum atomic E-state index is 11.8. The predicted octanol–water partition coefficient (Wildman–Crippen LogP) is 3.34. The van der Waals surface area contributed by atoms with Gasteiger partial charge in [-0.05, 0) is 68.4 Å². The van der Waals surface area contributed by atoms with Crippen molar-refractivity contribution >= 4 is 11.8 Å². The number of hydrogen-bond donors (Lipinski definition) is 0. The molecule has 1 heterocycles. The smallest absolute Gasteiger partial charge is 0.302 e. The van der Waals surface area contributed by atoms with Crippen LogP contribution in [0.15, 0.2) is 11.6 Å². The number of ketones is 1. The average Bonchev–Trinajstić information content (AvgIpc) is 3.10. The Morgan fingerprint density at radius 1 is 1.17 bits per heavy atom. The first-order chi connectivity index (χ1) is 11.4. The second-order valence-corrected chi connectivity index (χ2v) is 8.89. The van der Waals surface area contributed by atoms with Crippen LogP contribution >= 0.6 is 0 Å². The minimum Gasteiger partial charge on any atom is -0.462 e. The Kier molecular flexibility index (Phi) is 2.84. The van der Waals surface area contributed by atoms with Crippen LogP contribution in [0, 0.1) is 17.3 Å². The number of esters is 1. The predicted molar refractivity (Wildman–Crippen MR) is 87.2 cm³/mol. The number of fused-ring (bicyclic) bond motifs is 2. The first-order valence-corrected chi connectivity index (χ1v) is 9.53. The highest BCUT2D eigenvalue weighted by molar-refractivity contribution is 5.92. The summed E-state index contributed by atoms with van der Waals surface area (Å²) in [6.07, 6.45) is 9.83. The summed E-state index contributed by atoms with van der Waals surface area (Å²) in [6.45, 7) is 3.85. The molecular weight excluding hydrogens is 304 g/mol. The Morgan fingerprint density at radius 2 is 2.00 bits per heavy atom. The van der Waals surface area contributed by atoms with Crippen LogP contribution in [-0.4, -0.2) is 29.1 Å². The maximum Gasteiger partial charge on any atom is 0.302 e. The molecule has 6 atom stereocenters. The molecule has 3 saturated carbocycles. The van der Waals surface area contributed by atoms with E-state index in [-0.39, 0.29) is 34.5 Å². The van der Waals surface area contributed by atoms with E-state index in [0.29, 0.717) is 18.3 Å². The summed E-state index contributed by atoms with van der Waals surface area (Å²) in [5.41, 5.74) is 1.23. The van der Waals surface area contributed by atoms with Crippen molar-refractivity contribution in [1.29, 1.82) is 0 Å². The van der Waals surface area contributed by atoms with Crippen molar-refractivity contribution in [2.45, 2.75) is 82.5 Å². The summed E-state index contributed by atoms with van der Waals surface area (Å²) in [4.78, 5) is 23.3. The lowest BCUT2D eigenvalue weighted by Crippen LogP contribution is -2.53. The molecule has 130 valence electrons. The van der Waals surface area contributed by atoms with E-state index in [9.17, 15) is 9.59 Å². The van der Waals surface area contributed by atoms with E-state index in [0.717, 1.165) is 44.9 Å². The zero-order valence-electron chi connectivity index (χ0n) is 14.6. The fourth-order valence-corrected chi connectivity index (χ4v) is 6.97. The highest BCUT2D eigenvalue weighted by Crippen LogP contribution is 2.74. The number of hydrogen-bond acceptors (Lipinski definition) is 4. The summed E-state index contributed by atoms with van der Waals surface area (Å²) in [6, 6.07) is 0. The van der Waals surface area contributed by atoms with E-state index in [2.05, 4.69) is 6.92 Å². The fraction of sp³-hybridized carbons (Fsp3) is 0.800. The van der Waals surface area contributed by atoms with Crippen molar-refractivity contribution in [2.75, 3.05) is 0 Å². The highest BCUT2D eigenvalue weighted by atomic mass is 16.6. The van der Waals surface area contributed by atoms with Gasteiger partial charge in [-0.15, -0.1) is 0 Å². The normalized spacial score (nSPS) is 51.7. The van der Waals surface area contributed by atoms with Gasteiger partial charge in [-0.1, -0.05) is 6.92 Å². The molecule has 2 spiro atoms. The van der Waals surface area contributed by atoms with Crippen LogP contribution in [0.25, 0.3) is 0 Å². The topological polar surface area (TPSA) is 55.9 Å². The minimum absolute atomic E-state index is 0.0208. The standard InChI is InChI=1S/C20H26O4/c1-12(21)23-17-6-5-15-16-4-3-13-11-14(22)7-8-19(13)20(16,24-19)10-9-18(15,17)2/h11,15-17H,3-10H2,1-2H3. The summed E-state index contributed by atoms with van der Waals surface area (Å²) in [7, 11) is 0. The number of epoxide rings is 1. The lowest BCUT2D eigenvalue weighted by molar-refractivity contribution is -0.155. The van der Waals surface area contributed by atoms with Gasteiger partial charge in [-0.3, -0.25) is 9.59 Å². The Hall–Kier alpha value is -1.16. The van der Waals surface area contributed by atoms with E-state index in [1.807, 2.05) is 6.08 Å².